The maximum atomic E-state index is 13.8. The number of fused-ring (bicyclic) bond motifs is 1. The van der Waals surface area contributed by atoms with Crippen molar-refractivity contribution < 1.29 is 18.9 Å². The average Bonchev–Trinajstić information content (AvgIpc) is 2.87. The average molecular weight is 479 g/mol. The van der Waals surface area contributed by atoms with Crippen molar-refractivity contribution in [3.8, 4) is 28.7 Å². The van der Waals surface area contributed by atoms with E-state index in [0.717, 1.165) is 22.6 Å². The molecule has 0 bridgehead atoms. The van der Waals surface area contributed by atoms with Crippen molar-refractivity contribution >= 4 is 22.7 Å². The van der Waals surface area contributed by atoms with Crippen LogP contribution in [0.15, 0.2) is 64.5 Å². The zero-order valence-corrected chi connectivity index (χ0v) is 20.6. The fourth-order valence-corrected chi connectivity index (χ4v) is 4.65. The van der Waals surface area contributed by atoms with E-state index in [9.17, 15) is 4.79 Å². The second kappa shape index (κ2) is 10.1. The monoisotopic (exact) mass is 478 g/mol. The summed E-state index contributed by atoms with van der Waals surface area (Å²) in [5.41, 5.74) is 3.08. The molecular formula is C26H26N2O5S. The molecule has 1 heterocycles. The minimum absolute atomic E-state index is 0.221. The molecular weight excluding hydrogens is 452 g/mol. The van der Waals surface area contributed by atoms with E-state index < -0.39 is 0 Å². The van der Waals surface area contributed by atoms with Crippen LogP contribution in [0.4, 0.5) is 0 Å². The lowest BCUT2D eigenvalue weighted by molar-refractivity contribution is 0.326. The first kappa shape index (κ1) is 23.5. The molecule has 0 fully saturated rings. The van der Waals surface area contributed by atoms with Gasteiger partial charge in [-0.3, -0.25) is 9.36 Å². The molecule has 0 saturated carbocycles. The maximum absolute atomic E-state index is 13.8. The van der Waals surface area contributed by atoms with E-state index in [1.54, 1.807) is 17.7 Å². The second-order valence-electron chi connectivity index (χ2n) is 7.55. The number of nitrogens with zero attached hydrogens (tertiary/aromatic N) is 2. The number of aromatic nitrogens is 2. The third kappa shape index (κ3) is 4.41. The molecule has 4 aromatic rings. The molecule has 0 saturated heterocycles. The van der Waals surface area contributed by atoms with E-state index in [2.05, 4.69) is 0 Å². The van der Waals surface area contributed by atoms with Gasteiger partial charge in [-0.05, 0) is 42.8 Å². The fourth-order valence-electron chi connectivity index (χ4n) is 3.70. The zero-order chi connectivity index (χ0) is 24.2. The molecule has 0 N–H and O–H groups in total. The molecule has 0 radical (unpaired) electrons. The number of benzene rings is 3. The summed E-state index contributed by atoms with van der Waals surface area (Å²) < 4.78 is 23.6. The minimum atomic E-state index is -0.221. The van der Waals surface area contributed by atoms with Crippen LogP contribution < -0.4 is 24.5 Å². The first-order chi connectivity index (χ1) is 16.5. The van der Waals surface area contributed by atoms with E-state index in [-0.39, 0.29) is 5.56 Å². The van der Waals surface area contributed by atoms with E-state index in [4.69, 9.17) is 23.9 Å². The topological polar surface area (TPSA) is 71.8 Å². The van der Waals surface area contributed by atoms with E-state index in [1.165, 1.54) is 33.1 Å². The molecule has 0 amide bonds. The SMILES string of the molecule is COc1cccc(CSc2nc3c(OC)c(OC)c(OC)cc3c(=O)n2-c2ccc(C)cc2)c1. The quantitative estimate of drug-likeness (QED) is 0.260. The summed E-state index contributed by atoms with van der Waals surface area (Å²) in [6.45, 7) is 2.01. The molecule has 0 aliphatic heterocycles. The molecule has 0 aliphatic rings. The van der Waals surface area contributed by atoms with E-state index >= 15 is 0 Å². The molecule has 0 atom stereocenters. The first-order valence-electron chi connectivity index (χ1n) is 10.6. The van der Waals surface area contributed by atoms with Crippen molar-refractivity contribution in [1.82, 2.24) is 9.55 Å². The van der Waals surface area contributed by atoms with Gasteiger partial charge in [0.25, 0.3) is 5.56 Å². The molecule has 3 aromatic carbocycles. The predicted molar refractivity (Wildman–Crippen MR) is 134 cm³/mol. The Hall–Kier alpha value is -3.65. The summed E-state index contributed by atoms with van der Waals surface area (Å²) >= 11 is 1.46. The highest BCUT2D eigenvalue weighted by Crippen LogP contribution is 2.42. The smallest absolute Gasteiger partial charge is 0.266 e. The normalized spacial score (nSPS) is 10.9. The van der Waals surface area contributed by atoms with Crippen LogP contribution in [0.5, 0.6) is 23.0 Å². The van der Waals surface area contributed by atoms with Gasteiger partial charge in [-0.15, -0.1) is 0 Å². The lowest BCUT2D eigenvalue weighted by Crippen LogP contribution is -2.22. The van der Waals surface area contributed by atoms with Crippen LogP contribution in [0.25, 0.3) is 16.6 Å². The summed E-state index contributed by atoms with van der Waals surface area (Å²) in [5, 5.41) is 0.912. The molecule has 7 nitrogen and oxygen atoms in total. The number of aryl methyl sites for hydroxylation is 1. The summed E-state index contributed by atoms with van der Waals surface area (Å²) in [7, 11) is 6.21. The summed E-state index contributed by atoms with van der Waals surface area (Å²) in [6.07, 6.45) is 0. The molecule has 176 valence electrons. The lowest BCUT2D eigenvalue weighted by atomic mass is 10.2. The van der Waals surface area contributed by atoms with Gasteiger partial charge in [-0.2, -0.15) is 0 Å². The Morgan fingerprint density at radius 2 is 1.62 bits per heavy atom. The van der Waals surface area contributed by atoms with Crippen LogP contribution in [0.1, 0.15) is 11.1 Å². The number of rotatable bonds is 8. The fraction of sp³-hybridized carbons (Fsp3) is 0.231. The third-order valence-electron chi connectivity index (χ3n) is 5.43. The Morgan fingerprint density at radius 1 is 0.882 bits per heavy atom. The molecule has 4 rings (SSSR count). The summed E-state index contributed by atoms with van der Waals surface area (Å²) in [4.78, 5) is 18.7. The molecule has 8 heteroatoms. The first-order valence-corrected chi connectivity index (χ1v) is 11.6. The van der Waals surface area contributed by atoms with Gasteiger partial charge in [-0.1, -0.05) is 41.6 Å². The van der Waals surface area contributed by atoms with Crippen LogP contribution in [-0.4, -0.2) is 38.0 Å². The standard InChI is InChI=1S/C26H26N2O5S/c1-16-9-11-18(12-10-16)28-25(29)20-14-21(31-3)23(32-4)24(33-5)22(20)27-26(28)34-15-17-7-6-8-19(13-17)30-2/h6-14H,15H2,1-5H3. The Balaban J connectivity index is 1.94. The van der Waals surface area contributed by atoms with Crippen LogP contribution in [0.3, 0.4) is 0 Å². The molecule has 0 aliphatic carbocycles. The van der Waals surface area contributed by atoms with Crippen molar-refractivity contribution in [2.45, 2.75) is 17.8 Å². The Bertz CT molecular complexity index is 1380. The lowest BCUT2D eigenvalue weighted by Gasteiger charge is -2.17. The zero-order valence-electron chi connectivity index (χ0n) is 19.7. The second-order valence-corrected chi connectivity index (χ2v) is 8.49. The maximum Gasteiger partial charge on any atom is 0.266 e. The summed E-state index contributed by atoms with van der Waals surface area (Å²) in [6, 6.07) is 17.2. The van der Waals surface area contributed by atoms with Crippen molar-refractivity contribution in [2.24, 2.45) is 0 Å². The minimum Gasteiger partial charge on any atom is -0.497 e. The van der Waals surface area contributed by atoms with Gasteiger partial charge in [0.1, 0.15) is 11.3 Å². The van der Waals surface area contributed by atoms with E-state index in [0.29, 0.717) is 39.1 Å². The highest BCUT2D eigenvalue weighted by atomic mass is 32.2. The predicted octanol–water partition coefficient (Wildman–Crippen LogP) is 5.02. The van der Waals surface area contributed by atoms with E-state index in [1.807, 2.05) is 55.5 Å². The number of thioether (sulfide) groups is 1. The molecule has 0 unspecified atom stereocenters. The van der Waals surface area contributed by atoms with Gasteiger partial charge in [-0.25, -0.2) is 4.98 Å². The Morgan fingerprint density at radius 3 is 2.26 bits per heavy atom. The van der Waals surface area contributed by atoms with Crippen molar-refractivity contribution in [2.75, 3.05) is 28.4 Å². The van der Waals surface area contributed by atoms with Crippen LogP contribution in [-0.2, 0) is 5.75 Å². The number of ether oxygens (including phenoxy) is 4. The van der Waals surface area contributed by atoms with Gasteiger partial charge in [0.05, 0.1) is 39.5 Å². The van der Waals surface area contributed by atoms with Crippen molar-refractivity contribution in [3.63, 3.8) is 0 Å². The van der Waals surface area contributed by atoms with Crippen LogP contribution in [0, 0.1) is 6.92 Å². The summed E-state index contributed by atoms with van der Waals surface area (Å²) in [5.74, 6) is 2.52. The largest absolute Gasteiger partial charge is 0.497 e. The molecule has 34 heavy (non-hydrogen) atoms. The van der Waals surface area contributed by atoms with Crippen LogP contribution >= 0.6 is 11.8 Å². The van der Waals surface area contributed by atoms with Gasteiger partial charge in [0, 0.05) is 5.75 Å². The van der Waals surface area contributed by atoms with Gasteiger partial charge < -0.3 is 18.9 Å². The van der Waals surface area contributed by atoms with Gasteiger partial charge >= 0.3 is 0 Å². The number of methoxy groups -OCH3 is 4. The highest BCUT2D eigenvalue weighted by molar-refractivity contribution is 7.98. The molecule has 1 aromatic heterocycles. The highest BCUT2D eigenvalue weighted by Gasteiger charge is 2.22. The Kier molecular flexibility index (Phi) is 6.98. The van der Waals surface area contributed by atoms with Gasteiger partial charge in [0.15, 0.2) is 16.7 Å². The van der Waals surface area contributed by atoms with Crippen molar-refractivity contribution in [3.05, 3.63) is 76.1 Å². The molecule has 0 spiro atoms. The number of hydrogen-bond donors (Lipinski definition) is 0. The van der Waals surface area contributed by atoms with Gasteiger partial charge in [0.2, 0.25) is 5.75 Å². The van der Waals surface area contributed by atoms with Crippen molar-refractivity contribution in [1.29, 1.82) is 0 Å². The third-order valence-corrected chi connectivity index (χ3v) is 6.44. The van der Waals surface area contributed by atoms with Crippen LogP contribution in [0.2, 0.25) is 0 Å². The number of hydrogen-bond acceptors (Lipinski definition) is 7. The Labute approximate surface area is 202 Å².